The van der Waals surface area contributed by atoms with Crippen LogP contribution in [0.1, 0.15) is 26.5 Å². The van der Waals surface area contributed by atoms with Crippen LogP contribution in [0.15, 0.2) is 21.6 Å². The number of hydrogen-bond donors (Lipinski definition) is 1. The Morgan fingerprint density at radius 2 is 2.10 bits per heavy atom. The van der Waals surface area contributed by atoms with Crippen molar-refractivity contribution in [2.75, 3.05) is 33.4 Å². The Balaban J connectivity index is 2.61. The quantitative estimate of drug-likeness (QED) is 0.665. The predicted octanol–water partition coefficient (Wildman–Crippen LogP) is 1.68. The largest absolute Gasteiger partial charge is 0.447 e. The topological polar surface area (TPSA) is 71.8 Å². The lowest BCUT2D eigenvalue weighted by atomic mass is 10.2. The van der Waals surface area contributed by atoms with Crippen LogP contribution in [0.2, 0.25) is 0 Å². The molecule has 1 heterocycles. The first-order valence-electron chi connectivity index (χ1n) is 7.21. The predicted molar refractivity (Wildman–Crippen MR) is 81.6 cm³/mol. The van der Waals surface area contributed by atoms with E-state index in [1.165, 1.54) is 17.4 Å². The van der Waals surface area contributed by atoms with E-state index in [9.17, 15) is 8.42 Å². The Kier molecular flexibility index (Phi) is 7.37. The van der Waals surface area contributed by atoms with Crippen LogP contribution in [-0.4, -0.2) is 46.1 Å². The first kappa shape index (κ1) is 18.2. The molecule has 0 atom stereocenters. The first-order chi connectivity index (χ1) is 9.87. The van der Waals surface area contributed by atoms with Crippen molar-refractivity contribution in [2.24, 2.45) is 5.92 Å². The van der Waals surface area contributed by atoms with E-state index < -0.39 is 10.0 Å². The average molecular weight is 318 g/mol. The highest BCUT2D eigenvalue weighted by molar-refractivity contribution is 7.89. The van der Waals surface area contributed by atoms with Gasteiger partial charge < -0.3 is 14.5 Å². The van der Waals surface area contributed by atoms with Gasteiger partial charge in [-0.15, -0.1) is 0 Å². The summed E-state index contributed by atoms with van der Waals surface area (Å²) in [6.45, 7) is 8.72. The number of furan rings is 1. The molecule has 6 nitrogen and oxygen atoms in total. The van der Waals surface area contributed by atoms with E-state index in [0.717, 1.165) is 6.54 Å². The van der Waals surface area contributed by atoms with Crippen LogP contribution in [0.25, 0.3) is 0 Å². The summed E-state index contributed by atoms with van der Waals surface area (Å²) in [6, 6.07) is 3.19. The molecule has 0 spiro atoms. The lowest BCUT2D eigenvalue weighted by Crippen LogP contribution is -2.30. The Morgan fingerprint density at radius 1 is 1.38 bits per heavy atom. The Morgan fingerprint density at radius 3 is 2.71 bits per heavy atom. The molecule has 1 aromatic rings. The molecule has 0 saturated heterocycles. The fourth-order valence-corrected chi connectivity index (χ4v) is 2.76. The van der Waals surface area contributed by atoms with E-state index in [4.69, 9.17) is 9.15 Å². The van der Waals surface area contributed by atoms with Gasteiger partial charge in [0, 0.05) is 20.2 Å². The molecule has 0 aliphatic carbocycles. The zero-order valence-electron chi connectivity index (χ0n) is 13.3. The molecule has 0 aliphatic heterocycles. The standard InChI is InChI=1S/C14H26N2O4S/c1-5-19-9-8-16(4)21(17,18)14-7-6-13(20-14)11-15-10-12(2)3/h6-7,12,15H,5,8-11H2,1-4H3. The van der Waals surface area contributed by atoms with Crippen molar-refractivity contribution in [3.05, 3.63) is 17.9 Å². The van der Waals surface area contributed by atoms with E-state index in [1.807, 2.05) is 6.92 Å². The Hall–Kier alpha value is -0.890. The zero-order valence-corrected chi connectivity index (χ0v) is 14.1. The van der Waals surface area contributed by atoms with Crippen LogP contribution in [0.4, 0.5) is 0 Å². The van der Waals surface area contributed by atoms with Gasteiger partial charge in [-0.05, 0) is 31.5 Å². The summed E-state index contributed by atoms with van der Waals surface area (Å²) >= 11 is 0. The van der Waals surface area contributed by atoms with Gasteiger partial charge in [-0.2, -0.15) is 4.31 Å². The number of hydrogen-bond acceptors (Lipinski definition) is 5. The van der Waals surface area contributed by atoms with Gasteiger partial charge in [0.2, 0.25) is 5.09 Å². The zero-order chi connectivity index (χ0) is 15.9. The maximum atomic E-state index is 12.3. The molecule has 21 heavy (non-hydrogen) atoms. The van der Waals surface area contributed by atoms with Crippen molar-refractivity contribution in [3.63, 3.8) is 0 Å². The summed E-state index contributed by atoms with van der Waals surface area (Å²) in [5, 5.41) is 3.19. The van der Waals surface area contributed by atoms with Gasteiger partial charge in [-0.1, -0.05) is 13.8 Å². The maximum Gasteiger partial charge on any atom is 0.276 e. The number of likely N-dealkylation sites (N-methyl/N-ethyl adjacent to an activating group) is 1. The molecule has 0 amide bonds. The highest BCUT2D eigenvalue weighted by Crippen LogP contribution is 2.17. The molecule has 0 saturated carbocycles. The van der Waals surface area contributed by atoms with Gasteiger partial charge in [0.05, 0.1) is 13.2 Å². The number of ether oxygens (including phenoxy) is 1. The van der Waals surface area contributed by atoms with E-state index in [-0.39, 0.29) is 5.09 Å². The van der Waals surface area contributed by atoms with Gasteiger partial charge >= 0.3 is 0 Å². The number of rotatable bonds is 10. The molecule has 0 aliphatic rings. The summed E-state index contributed by atoms with van der Waals surface area (Å²) < 4.78 is 36.4. The van der Waals surface area contributed by atoms with Gasteiger partial charge in [0.25, 0.3) is 10.0 Å². The third-order valence-corrected chi connectivity index (χ3v) is 4.64. The van der Waals surface area contributed by atoms with Crippen molar-refractivity contribution in [1.82, 2.24) is 9.62 Å². The van der Waals surface area contributed by atoms with Gasteiger partial charge in [0.15, 0.2) is 0 Å². The first-order valence-corrected chi connectivity index (χ1v) is 8.65. The van der Waals surface area contributed by atoms with Crippen LogP contribution >= 0.6 is 0 Å². The molecule has 0 radical (unpaired) electrons. The SMILES string of the molecule is CCOCCN(C)S(=O)(=O)c1ccc(CNCC(C)C)o1. The second kappa shape index (κ2) is 8.53. The molecule has 1 N–H and O–H groups in total. The van der Waals surface area contributed by atoms with E-state index in [0.29, 0.717) is 38.0 Å². The molecular formula is C14H26N2O4S. The van der Waals surface area contributed by atoms with Gasteiger partial charge in [-0.3, -0.25) is 0 Å². The summed E-state index contributed by atoms with van der Waals surface area (Å²) in [5.74, 6) is 1.15. The number of nitrogens with zero attached hydrogens (tertiary/aromatic N) is 1. The summed E-state index contributed by atoms with van der Waals surface area (Å²) in [4.78, 5) is 0. The third-order valence-electron chi connectivity index (χ3n) is 2.91. The molecular weight excluding hydrogens is 292 g/mol. The summed E-state index contributed by atoms with van der Waals surface area (Å²) in [5.41, 5.74) is 0. The van der Waals surface area contributed by atoms with Crippen molar-refractivity contribution in [3.8, 4) is 0 Å². The Labute approximate surface area is 127 Å². The average Bonchev–Trinajstić information content (AvgIpc) is 2.88. The lowest BCUT2D eigenvalue weighted by Gasteiger charge is -2.15. The van der Waals surface area contributed by atoms with Crippen molar-refractivity contribution >= 4 is 10.0 Å². The molecule has 0 fully saturated rings. The van der Waals surface area contributed by atoms with Crippen LogP contribution in [0, 0.1) is 5.92 Å². The van der Waals surface area contributed by atoms with Crippen LogP contribution in [-0.2, 0) is 21.3 Å². The molecule has 0 bridgehead atoms. The van der Waals surface area contributed by atoms with Crippen molar-refractivity contribution in [1.29, 1.82) is 0 Å². The normalized spacial score (nSPS) is 12.5. The summed E-state index contributed by atoms with van der Waals surface area (Å²) in [6.07, 6.45) is 0. The lowest BCUT2D eigenvalue weighted by molar-refractivity contribution is 0.138. The van der Waals surface area contributed by atoms with Crippen LogP contribution in [0.3, 0.4) is 0 Å². The maximum absolute atomic E-state index is 12.3. The van der Waals surface area contributed by atoms with E-state index >= 15 is 0 Å². The minimum atomic E-state index is -3.58. The molecule has 1 rings (SSSR count). The third kappa shape index (κ3) is 5.78. The molecule has 7 heteroatoms. The monoisotopic (exact) mass is 318 g/mol. The second-order valence-corrected chi connectivity index (χ2v) is 7.24. The molecule has 0 aromatic carbocycles. The van der Waals surface area contributed by atoms with E-state index in [2.05, 4.69) is 19.2 Å². The second-order valence-electron chi connectivity index (χ2n) is 5.27. The number of sulfonamides is 1. The minimum Gasteiger partial charge on any atom is -0.447 e. The van der Waals surface area contributed by atoms with E-state index in [1.54, 1.807) is 6.07 Å². The molecule has 1 aromatic heterocycles. The van der Waals surface area contributed by atoms with Gasteiger partial charge in [0.1, 0.15) is 5.76 Å². The Bertz CT molecular complexity index is 511. The smallest absolute Gasteiger partial charge is 0.276 e. The molecule has 122 valence electrons. The van der Waals surface area contributed by atoms with Crippen molar-refractivity contribution < 1.29 is 17.6 Å². The minimum absolute atomic E-state index is 0.0251. The highest BCUT2D eigenvalue weighted by Gasteiger charge is 2.24. The number of nitrogens with one attached hydrogen (secondary N) is 1. The van der Waals surface area contributed by atoms with Crippen LogP contribution in [0.5, 0.6) is 0 Å². The van der Waals surface area contributed by atoms with Gasteiger partial charge in [-0.25, -0.2) is 8.42 Å². The molecule has 0 unspecified atom stereocenters. The highest BCUT2D eigenvalue weighted by atomic mass is 32.2. The summed E-state index contributed by atoms with van der Waals surface area (Å²) in [7, 11) is -2.06. The van der Waals surface area contributed by atoms with Crippen molar-refractivity contribution in [2.45, 2.75) is 32.4 Å². The van der Waals surface area contributed by atoms with Crippen LogP contribution < -0.4 is 5.32 Å². The fourth-order valence-electron chi connectivity index (χ4n) is 1.69. The fraction of sp³-hybridized carbons (Fsp3) is 0.714.